The first kappa shape index (κ1) is 33.0. The minimum Gasteiger partial charge on any atom is -0.497 e. The van der Waals surface area contributed by atoms with Crippen LogP contribution in [-0.4, -0.2) is 34.2 Å². The van der Waals surface area contributed by atoms with Crippen LogP contribution in [-0.2, 0) is 0 Å². The highest BCUT2D eigenvalue weighted by molar-refractivity contribution is 6.37. The highest BCUT2D eigenvalue weighted by Gasteiger charge is 2.39. The topological polar surface area (TPSA) is 54.0 Å². The number of fused-ring (bicyclic) bond motifs is 5. The number of ether oxygens (including phenoxy) is 4. The average Bonchev–Trinajstić information content (AvgIpc) is 3.53. The van der Waals surface area contributed by atoms with E-state index in [0.717, 1.165) is 100 Å². The van der Waals surface area contributed by atoms with Gasteiger partial charge in [-0.3, -0.25) is 4.79 Å². The molecule has 5 nitrogen and oxygen atoms in total. The molecule has 1 aliphatic rings. The van der Waals surface area contributed by atoms with Crippen LogP contribution in [0.5, 0.6) is 23.0 Å². The van der Waals surface area contributed by atoms with Crippen molar-refractivity contribution in [2.24, 2.45) is 0 Å². The Labute approximate surface area is 314 Å². The first-order valence-corrected chi connectivity index (χ1v) is 17.8. The first-order chi connectivity index (χ1) is 26.5. The quantitative estimate of drug-likeness (QED) is 0.158. The summed E-state index contributed by atoms with van der Waals surface area (Å²) in [6.45, 7) is 0. The van der Waals surface area contributed by atoms with Gasteiger partial charge in [0, 0.05) is 33.4 Å². The molecule has 0 N–H and O–H groups in total. The number of hydrogen-bond acceptors (Lipinski definition) is 5. The summed E-state index contributed by atoms with van der Waals surface area (Å²) in [5.74, 6) is 3.01. The van der Waals surface area contributed by atoms with E-state index in [1.54, 1.807) is 28.4 Å². The molecule has 0 saturated heterocycles. The highest BCUT2D eigenvalue weighted by atomic mass is 16.5. The molecule has 8 aromatic rings. The van der Waals surface area contributed by atoms with Crippen molar-refractivity contribution in [1.29, 1.82) is 0 Å². The van der Waals surface area contributed by atoms with Crippen molar-refractivity contribution in [2.75, 3.05) is 28.4 Å². The van der Waals surface area contributed by atoms with Crippen LogP contribution in [0.1, 0.15) is 15.9 Å². The maximum absolute atomic E-state index is 15.9. The molecule has 0 unspecified atom stereocenters. The Bertz CT molecular complexity index is 2540. The Morgan fingerprint density at radius 1 is 0.278 bits per heavy atom. The van der Waals surface area contributed by atoms with Crippen LogP contribution in [0, 0.1) is 0 Å². The molecular formula is C49H36O5. The molecule has 0 aromatic heterocycles. The molecule has 262 valence electrons. The van der Waals surface area contributed by atoms with Crippen molar-refractivity contribution in [3.05, 3.63) is 157 Å². The zero-order valence-corrected chi connectivity index (χ0v) is 30.4. The van der Waals surface area contributed by atoms with Crippen LogP contribution >= 0.6 is 0 Å². The van der Waals surface area contributed by atoms with Crippen LogP contribution in [0.4, 0.5) is 0 Å². The third-order valence-electron chi connectivity index (χ3n) is 10.7. The van der Waals surface area contributed by atoms with Gasteiger partial charge in [0.05, 0.1) is 28.4 Å². The predicted molar refractivity (Wildman–Crippen MR) is 218 cm³/mol. The minimum absolute atomic E-state index is 0.0161. The van der Waals surface area contributed by atoms with Crippen molar-refractivity contribution in [3.8, 4) is 78.6 Å². The summed E-state index contributed by atoms with van der Waals surface area (Å²) < 4.78 is 22.3. The number of rotatable bonds is 8. The number of carbonyl (C=O) groups is 1. The molecule has 0 amide bonds. The Hall–Kier alpha value is -6.85. The minimum atomic E-state index is -0.0161. The molecule has 0 spiro atoms. The fraction of sp³-hybridized carbons (Fsp3) is 0.0816. The zero-order valence-electron chi connectivity index (χ0n) is 30.4. The van der Waals surface area contributed by atoms with E-state index in [1.165, 1.54) is 0 Å². The van der Waals surface area contributed by atoms with Crippen LogP contribution < -0.4 is 18.9 Å². The molecule has 0 heterocycles. The fourth-order valence-corrected chi connectivity index (χ4v) is 8.19. The average molecular weight is 705 g/mol. The molecule has 0 bridgehead atoms. The van der Waals surface area contributed by atoms with Crippen molar-refractivity contribution < 1.29 is 23.7 Å². The Kier molecular flexibility index (Phi) is 8.12. The first-order valence-electron chi connectivity index (χ1n) is 17.8. The van der Waals surface area contributed by atoms with Gasteiger partial charge in [-0.2, -0.15) is 0 Å². The molecule has 5 heteroatoms. The molecule has 54 heavy (non-hydrogen) atoms. The molecular weight excluding hydrogens is 669 g/mol. The lowest BCUT2D eigenvalue weighted by molar-refractivity contribution is 0.104. The monoisotopic (exact) mass is 704 g/mol. The number of benzene rings is 8. The summed E-state index contributed by atoms with van der Waals surface area (Å²) in [6.07, 6.45) is 0. The van der Waals surface area contributed by atoms with E-state index in [-0.39, 0.29) is 5.78 Å². The van der Waals surface area contributed by atoms with Gasteiger partial charge < -0.3 is 18.9 Å². The third kappa shape index (κ3) is 5.12. The van der Waals surface area contributed by atoms with Gasteiger partial charge in [-0.05, 0) is 103 Å². The smallest absolute Gasteiger partial charge is 0.195 e. The van der Waals surface area contributed by atoms with E-state index in [9.17, 15) is 0 Å². The lowest BCUT2D eigenvalue weighted by Gasteiger charge is -2.22. The van der Waals surface area contributed by atoms with Gasteiger partial charge in [-0.25, -0.2) is 0 Å². The third-order valence-corrected chi connectivity index (χ3v) is 10.7. The SMILES string of the molecule is COc1ccc(-c2c3c(c(-c4ccc(OC)cc4)c4ccccc24)-c2c(c(-c4ccc(OC)cc4)c4ccccc4c2-c2ccc(OC)cc2)C3=O)cc1. The van der Waals surface area contributed by atoms with Crippen molar-refractivity contribution in [3.63, 3.8) is 0 Å². The Morgan fingerprint density at radius 3 is 0.722 bits per heavy atom. The molecule has 9 rings (SSSR count). The Morgan fingerprint density at radius 2 is 0.500 bits per heavy atom. The van der Waals surface area contributed by atoms with E-state index in [2.05, 4.69) is 84.9 Å². The van der Waals surface area contributed by atoms with Crippen LogP contribution in [0.25, 0.3) is 77.2 Å². The van der Waals surface area contributed by atoms with Gasteiger partial charge in [-0.1, -0.05) is 97.1 Å². The summed E-state index contributed by atoms with van der Waals surface area (Å²) >= 11 is 0. The fourth-order valence-electron chi connectivity index (χ4n) is 8.19. The van der Waals surface area contributed by atoms with E-state index < -0.39 is 0 Å². The highest BCUT2D eigenvalue weighted by Crippen LogP contribution is 2.58. The van der Waals surface area contributed by atoms with E-state index in [1.807, 2.05) is 60.7 Å². The van der Waals surface area contributed by atoms with Gasteiger partial charge >= 0.3 is 0 Å². The van der Waals surface area contributed by atoms with Gasteiger partial charge in [0.25, 0.3) is 0 Å². The molecule has 0 atom stereocenters. The van der Waals surface area contributed by atoms with Crippen LogP contribution in [0.15, 0.2) is 146 Å². The predicted octanol–water partition coefficient (Wildman–Crippen LogP) is 11.9. The second-order valence-electron chi connectivity index (χ2n) is 13.3. The van der Waals surface area contributed by atoms with E-state index in [0.29, 0.717) is 11.1 Å². The van der Waals surface area contributed by atoms with Gasteiger partial charge in [0.2, 0.25) is 0 Å². The zero-order chi connectivity index (χ0) is 36.9. The van der Waals surface area contributed by atoms with Gasteiger partial charge in [0.1, 0.15) is 23.0 Å². The second kappa shape index (κ2) is 13.3. The molecule has 0 saturated carbocycles. The normalized spacial score (nSPS) is 11.7. The molecule has 8 aromatic carbocycles. The van der Waals surface area contributed by atoms with Gasteiger partial charge in [0.15, 0.2) is 5.78 Å². The second-order valence-corrected chi connectivity index (χ2v) is 13.3. The summed E-state index contributed by atoms with van der Waals surface area (Å²) in [5, 5.41) is 4.09. The van der Waals surface area contributed by atoms with E-state index >= 15 is 4.79 Å². The van der Waals surface area contributed by atoms with E-state index in [4.69, 9.17) is 18.9 Å². The van der Waals surface area contributed by atoms with Crippen molar-refractivity contribution in [2.45, 2.75) is 0 Å². The largest absolute Gasteiger partial charge is 0.497 e. The van der Waals surface area contributed by atoms with Gasteiger partial charge in [-0.15, -0.1) is 0 Å². The maximum Gasteiger partial charge on any atom is 0.195 e. The van der Waals surface area contributed by atoms with Crippen LogP contribution in [0.3, 0.4) is 0 Å². The molecule has 1 aliphatic carbocycles. The molecule has 0 radical (unpaired) electrons. The van der Waals surface area contributed by atoms with Crippen molar-refractivity contribution >= 4 is 27.3 Å². The summed E-state index contributed by atoms with van der Waals surface area (Å²) in [5.41, 5.74) is 10.8. The standard InChI is InChI=1S/C49H36O5/c1-51-33-21-13-29(14-22-33)41-37-9-5-7-11-39(37)43(31-17-25-35(53-3)26-18-31)47-45(41)46-42(30-15-23-34(52-2)24-16-30)38-10-6-8-12-40(38)44(48(46)49(47)50)32-19-27-36(54-4)28-20-32/h5-28H,1-4H3. The number of carbonyl (C=O) groups excluding carboxylic acids is 1. The Balaban J connectivity index is 1.52. The number of hydrogen-bond donors (Lipinski definition) is 0. The summed E-state index contributed by atoms with van der Waals surface area (Å²) in [7, 11) is 6.68. The van der Waals surface area contributed by atoms with Crippen molar-refractivity contribution in [1.82, 2.24) is 0 Å². The number of methoxy groups -OCH3 is 4. The van der Waals surface area contributed by atoms with Crippen LogP contribution in [0.2, 0.25) is 0 Å². The molecule has 0 fully saturated rings. The lowest BCUT2D eigenvalue weighted by atomic mass is 9.80. The lowest BCUT2D eigenvalue weighted by Crippen LogP contribution is -2.03. The summed E-state index contributed by atoms with van der Waals surface area (Å²) in [4.78, 5) is 15.9. The maximum atomic E-state index is 15.9. The number of ketones is 1. The summed E-state index contributed by atoms with van der Waals surface area (Å²) in [6, 6.07) is 49.2. The molecule has 0 aliphatic heterocycles.